The second-order valence-corrected chi connectivity index (χ2v) is 7.30. The van der Waals surface area contributed by atoms with E-state index in [2.05, 4.69) is 15.3 Å². The zero-order valence-corrected chi connectivity index (χ0v) is 17.1. The number of aliphatic hydroxyl groups is 1. The van der Waals surface area contributed by atoms with Gasteiger partial charge in [-0.25, -0.2) is 4.98 Å². The molecule has 0 aliphatic heterocycles. The van der Waals surface area contributed by atoms with Crippen molar-refractivity contribution in [2.45, 2.75) is 39.8 Å². The Hall–Kier alpha value is -2.15. The van der Waals surface area contributed by atoms with Gasteiger partial charge >= 0.3 is 0 Å². The van der Waals surface area contributed by atoms with E-state index in [1.165, 1.54) is 4.57 Å². The number of hydrogen-bond acceptors (Lipinski definition) is 5. The maximum atomic E-state index is 12.8. The largest absolute Gasteiger partial charge is 0.388 e. The zero-order chi connectivity index (χ0) is 19.1. The molecule has 0 aliphatic carbocycles. The minimum atomic E-state index is -0.932. The minimum Gasteiger partial charge on any atom is -0.388 e. The quantitative estimate of drug-likeness (QED) is 0.652. The van der Waals surface area contributed by atoms with Crippen LogP contribution in [0.15, 0.2) is 41.3 Å². The zero-order valence-electron chi connectivity index (χ0n) is 15.5. The third-order valence-corrected chi connectivity index (χ3v) is 4.85. The summed E-state index contributed by atoms with van der Waals surface area (Å²) in [6.07, 6.45) is 1.65. The van der Waals surface area contributed by atoms with Crippen molar-refractivity contribution in [3.8, 4) is 11.1 Å². The molecule has 0 saturated carbocycles. The molecule has 6 nitrogen and oxygen atoms in total. The van der Waals surface area contributed by atoms with Crippen LogP contribution in [0.3, 0.4) is 0 Å². The van der Waals surface area contributed by atoms with Gasteiger partial charge in [0.05, 0.1) is 11.6 Å². The lowest BCUT2D eigenvalue weighted by atomic mass is 10.0. The standard InChI is InChI=1S/C19H21ClN4O2.CH4.ClH/c1-11(19(2,3)26)22-18-21-10-12-9-14(13-7-5-6-8-15(13)20)17(25)24(4)16(12)23-18;;/h5-11,26H,1-4H3,(H,21,22,23);1H4;1H/t11-;;/m0../s1. The molecule has 0 aliphatic rings. The highest BCUT2D eigenvalue weighted by molar-refractivity contribution is 6.33. The number of nitrogens with one attached hydrogen (secondary N) is 1. The summed E-state index contributed by atoms with van der Waals surface area (Å²) >= 11 is 6.25. The van der Waals surface area contributed by atoms with Gasteiger partial charge in [-0.1, -0.05) is 37.2 Å². The van der Waals surface area contributed by atoms with Gasteiger partial charge in [-0.15, -0.1) is 12.4 Å². The van der Waals surface area contributed by atoms with E-state index in [0.717, 1.165) is 5.39 Å². The van der Waals surface area contributed by atoms with E-state index >= 15 is 0 Å². The van der Waals surface area contributed by atoms with Crippen molar-refractivity contribution < 1.29 is 5.11 Å². The summed E-state index contributed by atoms with van der Waals surface area (Å²) in [6.45, 7) is 5.25. The molecule has 0 unspecified atom stereocenters. The number of pyridine rings is 1. The van der Waals surface area contributed by atoms with Crippen LogP contribution < -0.4 is 10.9 Å². The van der Waals surface area contributed by atoms with Crippen LogP contribution in [0.1, 0.15) is 28.2 Å². The third-order valence-electron chi connectivity index (χ3n) is 4.52. The first-order chi connectivity index (χ1) is 12.2. The average molecular weight is 425 g/mol. The molecule has 2 heterocycles. The summed E-state index contributed by atoms with van der Waals surface area (Å²) in [5, 5.41) is 14.4. The number of nitrogens with zero attached hydrogens (tertiary/aromatic N) is 3. The highest BCUT2D eigenvalue weighted by Crippen LogP contribution is 2.27. The Labute approximate surface area is 176 Å². The van der Waals surface area contributed by atoms with E-state index in [-0.39, 0.29) is 31.4 Å². The highest BCUT2D eigenvalue weighted by atomic mass is 35.5. The Morgan fingerprint density at radius 3 is 2.50 bits per heavy atom. The maximum Gasteiger partial charge on any atom is 0.259 e. The van der Waals surface area contributed by atoms with Gasteiger partial charge < -0.3 is 10.4 Å². The SMILES string of the molecule is C.C[C@H](Nc1ncc2cc(-c3ccccc3Cl)c(=O)n(C)c2n1)C(C)(C)O.Cl. The number of anilines is 1. The fourth-order valence-electron chi connectivity index (χ4n) is 2.56. The monoisotopic (exact) mass is 424 g/mol. The molecule has 0 saturated heterocycles. The lowest BCUT2D eigenvalue weighted by Crippen LogP contribution is -2.39. The number of rotatable bonds is 4. The summed E-state index contributed by atoms with van der Waals surface area (Å²) in [5.74, 6) is 0.354. The van der Waals surface area contributed by atoms with Crippen molar-refractivity contribution in [2.24, 2.45) is 7.05 Å². The fourth-order valence-corrected chi connectivity index (χ4v) is 2.80. The maximum absolute atomic E-state index is 12.8. The second-order valence-electron chi connectivity index (χ2n) is 6.89. The molecule has 3 rings (SSSR count). The lowest BCUT2D eigenvalue weighted by molar-refractivity contribution is 0.0646. The van der Waals surface area contributed by atoms with Crippen LogP contribution in [-0.4, -0.2) is 31.3 Å². The molecule has 2 N–H and O–H groups in total. The topological polar surface area (TPSA) is 80.0 Å². The molecule has 0 spiro atoms. The second kappa shape index (κ2) is 8.90. The predicted molar refractivity (Wildman–Crippen MR) is 119 cm³/mol. The first kappa shape index (κ1) is 23.9. The number of aromatic nitrogens is 3. The van der Waals surface area contributed by atoms with Gasteiger partial charge in [0.15, 0.2) is 0 Å². The van der Waals surface area contributed by atoms with Crippen molar-refractivity contribution in [1.82, 2.24) is 14.5 Å². The molecule has 0 fully saturated rings. The van der Waals surface area contributed by atoms with Gasteiger partial charge in [0.25, 0.3) is 5.56 Å². The van der Waals surface area contributed by atoms with Crippen LogP contribution in [0.25, 0.3) is 22.2 Å². The Bertz CT molecular complexity index is 1030. The van der Waals surface area contributed by atoms with Crippen LogP contribution >= 0.6 is 24.0 Å². The van der Waals surface area contributed by atoms with E-state index < -0.39 is 5.60 Å². The third kappa shape index (κ3) is 4.63. The molecule has 0 bridgehead atoms. The Balaban J connectivity index is 0.00000196. The average Bonchev–Trinajstić information content (AvgIpc) is 2.58. The number of fused-ring (bicyclic) bond motifs is 1. The van der Waals surface area contributed by atoms with Crippen molar-refractivity contribution in [1.29, 1.82) is 0 Å². The van der Waals surface area contributed by atoms with E-state index in [1.54, 1.807) is 39.2 Å². The number of benzene rings is 1. The van der Waals surface area contributed by atoms with Crippen LogP contribution in [0.4, 0.5) is 5.95 Å². The summed E-state index contributed by atoms with van der Waals surface area (Å²) in [6, 6.07) is 8.71. The molecular weight excluding hydrogens is 399 g/mol. The Morgan fingerprint density at radius 1 is 1.25 bits per heavy atom. The molecule has 2 aromatic heterocycles. The molecule has 152 valence electrons. The van der Waals surface area contributed by atoms with E-state index in [4.69, 9.17) is 11.6 Å². The van der Waals surface area contributed by atoms with Gasteiger partial charge in [-0.05, 0) is 32.9 Å². The summed E-state index contributed by atoms with van der Waals surface area (Å²) < 4.78 is 1.48. The molecule has 8 heteroatoms. The van der Waals surface area contributed by atoms with Gasteiger partial charge in [-0.3, -0.25) is 9.36 Å². The minimum absolute atomic E-state index is 0. The molecule has 1 atom stereocenters. The molecule has 1 aromatic carbocycles. The van der Waals surface area contributed by atoms with Gasteiger partial charge in [-0.2, -0.15) is 4.98 Å². The molecule has 3 aromatic rings. The summed E-state index contributed by atoms with van der Waals surface area (Å²) in [4.78, 5) is 21.6. The van der Waals surface area contributed by atoms with Crippen molar-refractivity contribution in [3.05, 3.63) is 51.9 Å². The van der Waals surface area contributed by atoms with E-state index in [0.29, 0.717) is 27.7 Å². The van der Waals surface area contributed by atoms with Crippen LogP contribution in [0, 0.1) is 0 Å². The summed E-state index contributed by atoms with van der Waals surface area (Å²) in [7, 11) is 1.67. The van der Waals surface area contributed by atoms with E-state index in [1.807, 2.05) is 25.1 Å². The van der Waals surface area contributed by atoms with Gasteiger partial charge in [0.2, 0.25) is 5.95 Å². The first-order valence-corrected chi connectivity index (χ1v) is 8.67. The van der Waals surface area contributed by atoms with Crippen molar-refractivity contribution in [3.63, 3.8) is 0 Å². The van der Waals surface area contributed by atoms with E-state index in [9.17, 15) is 9.90 Å². The van der Waals surface area contributed by atoms with Crippen LogP contribution in [-0.2, 0) is 7.05 Å². The Kier molecular flexibility index (Phi) is 7.59. The van der Waals surface area contributed by atoms with Crippen molar-refractivity contribution >= 4 is 41.0 Å². The number of halogens is 2. The van der Waals surface area contributed by atoms with Gasteiger partial charge in [0.1, 0.15) is 5.65 Å². The highest BCUT2D eigenvalue weighted by Gasteiger charge is 2.23. The molecule has 0 amide bonds. The number of aryl methyl sites for hydroxylation is 1. The molecular formula is C20H26Cl2N4O2. The molecule has 28 heavy (non-hydrogen) atoms. The number of hydrogen-bond donors (Lipinski definition) is 2. The van der Waals surface area contributed by atoms with Crippen LogP contribution in [0.2, 0.25) is 5.02 Å². The summed E-state index contributed by atoms with van der Waals surface area (Å²) in [5.41, 5.74) is 0.560. The van der Waals surface area contributed by atoms with Crippen LogP contribution in [0.5, 0.6) is 0 Å². The van der Waals surface area contributed by atoms with Crippen molar-refractivity contribution in [2.75, 3.05) is 5.32 Å². The first-order valence-electron chi connectivity index (χ1n) is 8.29. The Morgan fingerprint density at radius 2 is 1.89 bits per heavy atom. The fraction of sp³-hybridized carbons (Fsp3) is 0.350. The predicted octanol–water partition coefficient (Wildman–Crippen LogP) is 4.28. The normalized spacial score (nSPS) is 12.1. The van der Waals surface area contributed by atoms with Gasteiger partial charge in [0, 0.05) is 34.8 Å². The smallest absolute Gasteiger partial charge is 0.259 e. The molecule has 0 radical (unpaired) electrons. The lowest BCUT2D eigenvalue weighted by Gasteiger charge is -2.26.